The summed E-state index contributed by atoms with van der Waals surface area (Å²) in [6.45, 7) is 3.09. The topological polar surface area (TPSA) is 44.8 Å². The molecule has 0 heterocycles. The fourth-order valence-electron chi connectivity index (χ4n) is 2.09. The standard InChI is InChI=1S/C16H24O4/c1-4-5-8-14(16(17)19-3)13-9-6-7-10-15(13)20-12-11-18-2/h6-7,9-10,14H,4-5,8,11-12H2,1-3H3. The Morgan fingerprint density at radius 3 is 2.60 bits per heavy atom. The van der Waals surface area contributed by atoms with Gasteiger partial charge in [0.25, 0.3) is 0 Å². The summed E-state index contributed by atoms with van der Waals surface area (Å²) in [5, 5.41) is 0. The lowest BCUT2D eigenvalue weighted by Gasteiger charge is -2.18. The van der Waals surface area contributed by atoms with Crippen molar-refractivity contribution in [1.29, 1.82) is 0 Å². The number of methoxy groups -OCH3 is 2. The number of ether oxygens (including phenoxy) is 3. The van der Waals surface area contributed by atoms with Crippen LogP contribution < -0.4 is 4.74 Å². The molecule has 1 rings (SSSR count). The average molecular weight is 280 g/mol. The summed E-state index contributed by atoms with van der Waals surface area (Å²) in [7, 11) is 3.06. The molecule has 4 nitrogen and oxygen atoms in total. The van der Waals surface area contributed by atoms with Crippen LogP contribution in [0.4, 0.5) is 0 Å². The third-order valence-electron chi connectivity index (χ3n) is 3.17. The number of unbranched alkanes of at least 4 members (excludes halogenated alkanes) is 1. The smallest absolute Gasteiger partial charge is 0.313 e. The SMILES string of the molecule is CCCCC(C(=O)OC)c1ccccc1OCCOC. The van der Waals surface area contributed by atoms with Crippen LogP contribution in [0.2, 0.25) is 0 Å². The summed E-state index contributed by atoms with van der Waals surface area (Å²) in [5.74, 6) is 0.260. The summed E-state index contributed by atoms with van der Waals surface area (Å²) in [6, 6.07) is 7.63. The van der Waals surface area contributed by atoms with E-state index < -0.39 is 0 Å². The minimum Gasteiger partial charge on any atom is -0.491 e. The van der Waals surface area contributed by atoms with Crippen LogP contribution in [0, 0.1) is 0 Å². The second kappa shape index (κ2) is 9.37. The van der Waals surface area contributed by atoms with Gasteiger partial charge in [-0.05, 0) is 12.5 Å². The highest BCUT2D eigenvalue weighted by Gasteiger charge is 2.24. The molecular weight excluding hydrogens is 256 g/mol. The molecule has 0 aliphatic carbocycles. The number of hydrogen-bond acceptors (Lipinski definition) is 4. The minimum atomic E-state index is -0.265. The normalized spacial score (nSPS) is 11.9. The molecule has 0 bridgehead atoms. The van der Waals surface area contributed by atoms with Crippen molar-refractivity contribution in [2.24, 2.45) is 0 Å². The van der Waals surface area contributed by atoms with Gasteiger partial charge in [0.15, 0.2) is 0 Å². The first kappa shape index (κ1) is 16.5. The molecule has 1 aromatic rings. The maximum absolute atomic E-state index is 12.0. The Hall–Kier alpha value is -1.55. The zero-order valence-electron chi connectivity index (χ0n) is 12.6. The van der Waals surface area contributed by atoms with E-state index >= 15 is 0 Å². The summed E-state index contributed by atoms with van der Waals surface area (Å²) in [4.78, 5) is 12.0. The van der Waals surface area contributed by atoms with Crippen LogP contribution in [0.25, 0.3) is 0 Å². The van der Waals surface area contributed by atoms with Crippen molar-refractivity contribution < 1.29 is 19.0 Å². The molecule has 0 N–H and O–H groups in total. The number of rotatable bonds is 9. The van der Waals surface area contributed by atoms with Gasteiger partial charge in [-0.2, -0.15) is 0 Å². The molecule has 0 radical (unpaired) electrons. The van der Waals surface area contributed by atoms with Crippen LogP contribution in [-0.4, -0.2) is 33.4 Å². The van der Waals surface area contributed by atoms with E-state index in [4.69, 9.17) is 14.2 Å². The zero-order chi connectivity index (χ0) is 14.8. The van der Waals surface area contributed by atoms with E-state index in [0.29, 0.717) is 13.2 Å². The van der Waals surface area contributed by atoms with E-state index in [0.717, 1.165) is 30.6 Å². The van der Waals surface area contributed by atoms with Crippen molar-refractivity contribution in [3.8, 4) is 5.75 Å². The number of benzene rings is 1. The molecule has 20 heavy (non-hydrogen) atoms. The molecule has 0 fully saturated rings. The highest BCUT2D eigenvalue weighted by molar-refractivity contribution is 5.79. The number of esters is 1. The van der Waals surface area contributed by atoms with Crippen molar-refractivity contribution >= 4 is 5.97 Å². The number of para-hydroxylation sites is 1. The predicted molar refractivity (Wildman–Crippen MR) is 78.1 cm³/mol. The Labute approximate surface area is 121 Å². The largest absolute Gasteiger partial charge is 0.491 e. The Morgan fingerprint density at radius 1 is 1.20 bits per heavy atom. The summed E-state index contributed by atoms with van der Waals surface area (Å²) < 4.78 is 15.6. The van der Waals surface area contributed by atoms with Gasteiger partial charge >= 0.3 is 5.97 Å². The van der Waals surface area contributed by atoms with Crippen molar-refractivity contribution in [3.63, 3.8) is 0 Å². The maximum Gasteiger partial charge on any atom is 0.313 e. The molecule has 1 aromatic carbocycles. The zero-order valence-corrected chi connectivity index (χ0v) is 12.6. The van der Waals surface area contributed by atoms with Crippen molar-refractivity contribution in [2.75, 3.05) is 27.4 Å². The summed E-state index contributed by atoms with van der Waals surface area (Å²) >= 11 is 0. The molecule has 1 atom stereocenters. The lowest BCUT2D eigenvalue weighted by atomic mass is 9.93. The first-order chi connectivity index (χ1) is 9.74. The lowest BCUT2D eigenvalue weighted by molar-refractivity contribution is -0.142. The van der Waals surface area contributed by atoms with E-state index in [2.05, 4.69) is 6.92 Å². The van der Waals surface area contributed by atoms with Crippen molar-refractivity contribution in [2.45, 2.75) is 32.1 Å². The molecule has 0 aliphatic rings. The van der Waals surface area contributed by atoms with E-state index in [1.54, 1.807) is 7.11 Å². The predicted octanol–water partition coefficient (Wildman–Crippen LogP) is 3.16. The van der Waals surface area contributed by atoms with Crippen LogP contribution in [0.3, 0.4) is 0 Å². The number of carbonyl (C=O) groups is 1. The molecule has 0 aliphatic heterocycles. The minimum absolute atomic E-state index is 0.207. The van der Waals surface area contributed by atoms with E-state index in [-0.39, 0.29) is 11.9 Å². The van der Waals surface area contributed by atoms with E-state index in [1.807, 2.05) is 24.3 Å². The van der Waals surface area contributed by atoms with E-state index in [1.165, 1.54) is 7.11 Å². The van der Waals surface area contributed by atoms with Crippen LogP contribution in [0.1, 0.15) is 37.7 Å². The molecule has 0 spiro atoms. The highest BCUT2D eigenvalue weighted by Crippen LogP contribution is 2.31. The molecule has 0 saturated carbocycles. The molecule has 1 unspecified atom stereocenters. The van der Waals surface area contributed by atoms with E-state index in [9.17, 15) is 4.79 Å². The van der Waals surface area contributed by atoms with Gasteiger partial charge in [-0.25, -0.2) is 0 Å². The fourth-order valence-corrected chi connectivity index (χ4v) is 2.09. The van der Waals surface area contributed by atoms with Crippen LogP contribution in [0.15, 0.2) is 24.3 Å². The van der Waals surface area contributed by atoms with Crippen molar-refractivity contribution in [3.05, 3.63) is 29.8 Å². The first-order valence-corrected chi connectivity index (χ1v) is 7.03. The average Bonchev–Trinajstić information content (AvgIpc) is 2.49. The van der Waals surface area contributed by atoms with Gasteiger partial charge in [-0.1, -0.05) is 38.0 Å². The van der Waals surface area contributed by atoms with Crippen LogP contribution in [-0.2, 0) is 14.3 Å². The van der Waals surface area contributed by atoms with Gasteiger partial charge in [-0.15, -0.1) is 0 Å². The third kappa shape index (κ3) is 4.85. The second-order valence-corrected chi connectivity index (χ2v) is 4.60. The fraction of sp³-hybridized carbons (Fsp3) is 0.562. The molecule has 4 heteroatoms. The van der Waals surface area contributed by atoms with Gasteiger partial charge in [0.05, 0.1) is 19.6 Å². The molecule has 0 aromatic heterocycles. The van der Waals surface area contributed by atoms with Gasteiger partial charge in [0.1, 0.15) is 12.4 Å². The quantitative estimate of drug-likeness (QED) is 0.515. The Morgan fingerprint density at radius 2 is 1.95 bits per heavy atom. The highest BCUT2D eigenvalue weighted by atomic mass is 16.5. The van der Waals surface area contributed by atoms with Gasteiger partial charge in [-0.3, -0.25) is 4.79 Å². The lowest BCUT2D eigenvalue weighted by Crippen LogP contribution is -2.16. The van der Waals surface area contributed by atoms with Crippen LogP contribution >= 0.6 is 0 Å². The molecule has 112 valence electrons. The maximum atomic E-state index is 12.0. The molecular formula is C16H24O4. The number of carbonyl (C=O) groups excluding carboxylic acids is 1. The van der Waals surface area contributed by atoms with Crippen molar-refractivity contribution in [1.82, 2.24) is 0 Å². The Bertz CT molecular complexity index is 403. The second-order valence-electron chi connectivity index (χ2n) is 4.60. The summed E-state index contributed by atoms with van der Waals surface area (Å²) in [5.41, 5.74) is 0.893. The van der Waals surface area contributed by atoms with Gasteiger partial charge < -0.3 is 14.2 Å². The van der Waals surface area contributed by atoms with Crippen LogP contribution in [0.5, 0.6) is 5.75 Å². The third-order valence-corrected chi connectivity index (χ3v) is 3.17. The Balaban J connectivity index is 2.90. The summed E-state index contributed by atoms with van der Waals surface area (Å²) in [6.07, 6.45) is 2.79. The molecule has 0 amide bonds. The van der Waals surface area contributed by atoms with Gasteiger partial charge in [0.2, 0.25) is 0 Å². The molecule has 0 saturated heterocycles. The van der Waals surface area contributed by atoms with Gasteiger partial charge in [0, 0.05) is 12.7 Å². The first-order valence-electron chi connectivity index (χ1n) is 7.03. The Kier molecular flexibility index (Phi) is 7.73. The monoisotopic (exact) mass is 280 g/mol. The number of hydrogen-bond donors (Lipinski definition) is 0.